The number of nitrogens with one attached hydrogen (secondary N) is 1. The van der Waals surface area contributed by atoms with E-state index in [1.54, 1.807) is 0 Å². The predicted octanol–water partition coefficient (Wildman–Crippen LogP) is 0.247. The van der Waals surface area contributed by atoms with Crippen LogP contribution in [-0.4, -0.2) is 9.97 Å². The first-order chi connectivity index (χ1) is 5.96. The van der Waals surface area contributed by atoms with Crippen molar-refractivity contribution in [3.63, 3.8) is 0 Å². The maximum absolute atomic E-state index is 12.1. The van der Waals surface area contributed by atoms with Gasteiger partial charge < -0.3 is 10.7 Å². The van der Waals surface area contributed by atoms with Crippen LogP contribution in [0.1, 0.15) is 11.3 Å². The lowest BCUT2D eigenvalue weighted by Gasteiger charge is -2.07. The van der Waals surface area contributed by atoms with Crippen LogP contribution in [0.15, 0.2) is 11.1 Å². The SMILES string of the molecule is NCc1c(C(F)(F)F)nc[nH]c1=O. The molecule has 0 aliphatic carbocycles. The molecule has 0 radical (unpaired) electrons. The Hall–Kier alpha value is -1.37. The van der Waals surface area contributed by atoms with Gasteiger partial charge in [0.15, 0.2) is 5.69 Å². The fraction of sp³-hybridized carbons (Fsp3) is 0.333. The Kier molecular flexibility index (Phi) is 2.37. The van der Waals surface area contributed by atoms with Crippen LogP contribution in [0.3, 0.4) is 0 Å². The molecular weight excluding hydrogens is 187 g/mol. The smallest absolute Gasteiger partial charge is 0.326 e. The number of nitrogens with two attached hydrogens (primary N) is 1. The Morgan fingerprint density at radius 2 is 2.15 bits per heavy atom. The van der Waals surface area contributed by atoms with Gasteiger partial charge in [0, 0.05) is 6.54 Å². The van der Waals surface area contributed by atoms with Gasteiger partial charge in [0.25, 0.3) is 5.56 Å². The molecule has 0 unspecified atom stereocenters. The molecule has 0 aliphatic rings. The van der Waals surface area contributed by atoms with Gasteiger partial charge in [-0.3, -0.25) is 4.79 Å². The highest BCUT2D eigenvalue weighted by Gasteiger charge is 2.35. The first-order valence-electron chi connectivity index (χ1n) is 3.30. The molecule has 1 rings (SSSR count). The zero-order valence-corrected chi connectivity index (χ0v) is 6.35. The molecule has 7 heteroatoms. The Labute approximate surface area is 70.6 Å². The van der Waals surface area contributed by atoms with E-state index in [-0.39, 0.29) is 0 Å². The second-order valence-electron chi connectivity index (χ2n) is 2.26. The standard InChI is InChI=1S/C6H6F3N3O/c7-6(8,9)4-3(1-10)5(13)12-2-11-4/h2H,1,10H2,(H,11,12,13). The molecule has 1 aromatic rings. The fourth-order valence-electron chi connectivity index (χ4n) is 0.862. The first-order valence-corrected chi connectivity index (χ1v) is 3.30. The third-order valence-corrected chi connectivity index (χ3v) is 1.42. The average Bonchev–Trinajstić information content (AvgIpc) is 2.02. The lowest BCUT2D eigenvalue weighted by molar-refractivity contribution is -0.142. The number of nitrogens with zero attached hydrogens (tertiary/aromatic N) is 1. The maximum Gasteiger partial charge on any atom is 0.433 e. The van der Waals surface area contributed by atoms with Gasteiger partial charge in [0.05, 0.1) is 11.9 Å². The molecule has 0 aliphatic heterocycles. The Morgan fingerprint density at radius 1 is 1.54 bits per heavy atom. The van der Waals surface area contributed by atoms with Crippen LogP contribution < -0.4 is 11.3 Å². The average molecular weight is 193 g/mol. The summed E-state index contributed by atoms with van der Waals surface area (Å²) in [7, 11) is 0. The van der Waals surface area contributed by atoms with Gasteiger partial charge in [-0.25, -0.2) is 4.98 Å². The third-order valence-electron chi connectivity index (χ3n) is 1.42. The van der Waals surface area contributed by atoms with Gasteiger partial charge in [-0.15, -0.1) is 0 Å². The van der Waals surface area contributed by atoms with Gasteiger partial charge in [0.2, 0.25) is 0 Å². The zero-order chi connectivity index (χ0) is 10.1. The quantitative estimate of drug-likeness (QED) is 0.671. The van der Waals surface area contributed by atoms with Crippen LogP contribution in [-0.2, 0) is 12.7 Å². The number of rotatable bonds is 1. The summed E-state index contributed by atoms with van der Waals surface area (Å²) in [4.78, 5) is 15.9. The van der Waals surface area contributed by atoms with E-state index in [0.717, 1.165) is 0 Å². The Balaban J connectivity index is 3.38. The second-order valence-corrected chi connectivity index (χ2v) is 2.26. The van der Waals surface area contributed by atoms with Gasteiger partial charge in [0.1, 0.15) is 0 Å². The van der Waals surface area contributed by atoms with Crippen molar-refractivity contribution >= 4 is 0 Å². The molecule has 0 saturated heterocycles. The summed E-state index contributed by atoms with van der Waals surface area (Å²) in [6.07, 6.45) is -3.94. The maximum atomic E-state index is 12.1. The third kappa shape index (κ3) is 1.86. The molecule has 0 aromatic carbocycles. The number of H-pyrrole nitrogens is 1. The second kappa shape index (κ2) is 3.17. The van der Waals surface area contributed by atoms with Crippen molar-refractivity contribution < 1.29 is 13.2 Å². The number of aromatic amines is 1. The molecule has 0 amide bonds. The summed E-state index contributed by atoms with van der Waals surface area (Å²) in [6, 6.07) is 0. The molecule has 0 spiro atoms. The van der Waals surface area contributed by atoms with E-state index >= 15 is 0 Å². The number of alkyl halides is 3. The van der Waals surface area contributed by atoms with Crippen LogP contribution in [0.5, 0.6) is 0 Å². The lowest BCUT2D eigenvalue weighted by Crippen LogP contribution is -2.24. The van der Waals surface area contributed by atoms with Crippen molar-refractivity contribution in [2.24, 2.45) is 5.73 Å². The number of hydrogen-bond acceptors (Lipinski definition) is 3. The molecule has 0 bridgehead atoms. The van der Waals surface area contributed by atoms with Gasteiger partial charge in [-0.1, -0.05) is 0 Å². The highest BCUT2D eigenvalue weighted by Crippen LogP contribution is 2.28. The molecule has 1 heterocycles. The van der Waals surface area contributed by atoms with Crippen molar-refractivity contribution in [1.29, 1.82) is 0 Å². The molecule has 0 saturated carbocycles. The lowest BCUT2D eigenvalue weighted by atomic mass is 10.2. The molecule has 3 N–H and O–H groups in total. The van der Waals surface area contributed by atoms with E-state index in [0.29, 0.717) is 6.33 Å². The van der Waals surface area contributed by atoms with Crippen molar-refractivity contribution in [1.82, 2.24) is 9.97 Å². The van der Waals surface area contributed by atoms with E-state index in [2.05, 4.69) is 4.98 Å². The molecule has 72 valence electrons. The van der Waals surface area contributed by atoms with Crippen molar-refractivity contribution in [3.8, 4) is 0 Å². The molecular formula is C6H6F3N3O. The van der Waals surface area contributed by atoms with Crippen molar-refractivity contribution in [2.45, 2.75) is 12.7 Å². The van der Waals surface area contributed by atoms with Crippen LogP contribution in [0.4, 0.5) is 13.2 Å². The molecule has 1 aromatic heterocycles. The minimum Gasteiger partial charge on any atom is -0.326 e. The Bertz CT molecular complexity index is 357. The van der Waals surface area contributed by atoms with Crippen LogP contribution >= 0.6 is 0 Å². The van der Waals surface area contributed by atoms with Crippen molar-refractivity contribution in [3.05, 3.63) is 27.9 Å². The Morgan fingerprint density at radius 3 is 2.54 bits per heavy atom. The van der Waals surface area contributed by atoms with E-state index < -0.39 is 29.5 Å². The van der Waals surface area contributed by atoms with Gasteiger partial charge in [-0.05, 0) is 0 Å². The van der Waals surface area contributed by atoms with E-state index in [4.69, 9.17) is 5.73 Å². The minimum atomic E-state index is -4.64. The highest BCUT2D eigenvalue weighted by molar-refractivity contribution is 5.18. The summed E-state index contributed by atoms with van der Waals surface area (Å²) in [5, 5.41) is 0. The summed E-state index contributed by atoms with van der Waals surface area (Å²) in [5.74, 6) is 0. The number of hydrogen-bond donors (Lipinski definition) is 2. The van der Waals surface area contributed by atoms with E-state index in [1.165, 1.54) is 0 Å². The van der Waals surface area contributed by atoms with Crippen LogP contribution in [0.2, 0.25) is 0 Å². The summed E-state index contributed by atoms with van der Waals surface area (Å²) in [6.45, 7) is -0.488. The minimum absolute atomic E-state index is 0.488. The monoisotopic (exact) mass is 193 g/mol. The number of halogens is 3. The highest BCUT2D eigenvalue weighted by atomic mass is 19.4. The largest absolute Gasteiger partial charge is 0.433 e. The topological polar surface area (TPSA) is 71.8 Å². The first kappa shape index (κ1) is 9.72. The number of aromatic nitrogens is 2. The fourth-order valence-corrected chi connectivity index (χ4v) is 0.862. The summed E-state index contributed by atoms with van der Waals surface area (Å²) in [5.41, 5.74) is 2.36. The van der Waals surface area contributed by atoms with E-state index in [1.807, 2.05) is 4.98 Å². The van der Waals surface area contributed by atoms with Crippen LogP contribution in [0, 0.1) is 0 Å². The molecule has 13 heavy (non-hydrogen) atoms. The summed E-state index contributed by atoms with van der Waals surface area (Å²) < 4.78 is 36.4. The van der Waals surface area contributed by atoms with Gasteiger partial charge >= 0.3 is 6.18 Å². The molecule has 0 fully saturated rings. The molecule has 4 nitrogen and oxygen atoms in total. The predicted molar refractivity (Wildman–Crippen MR) is 37.8 cm³/mol. The van der Waals surface area contributed by atoms with Crippen molar-refractivity contribution in [2.75, 3.05) is 0 Å². The molecule has 0 atom stereocenters. The summed E-state index contributed by atoms with van der Waals surface area (Å²) >= 11 is 0. The zero-order valence-electron chi connectivity index (χ0n) is 6.35. The normalized spacial score (nSPS) is 11.7. The van der Waals surface area contributed by atoms with Crippen LogP contribution in [0.25, 0.3) is 0 Å². The van der Waals surface area contributed by atoms with Gasteiger partial charge in [-0.2, -0.15) is 13.2 Å². The van der Waals surface area contributed by atoms with E-state index in [9.17, 15) is 18.0 Å².